The Hall–Kier alpha value is -2.87. The van der Waals surface area contributed by atoms with Crippen LogP contribution in [0.1, 0.15) is 50.4 Å². The van der Waals surface area contributed by atoms with Gasteiger partial charge in [0.15, 0.2) is 10.9 Å². The first kappa shape index (κ1) is 20.9. The smallest absolute Gasteiger partial charge is 0.340 e. The predicted molar refractivity (Wildman–Crippen MR) is 112 cm³/mol. The number of carbonyl (C=O) groups excluding carboxylic acids is 2. The standard InChI is InChI=1S/C21H24N4O3S/c1-6-28-20(27)18-13(3)19(22-14(18)4)17(26)11-29-21-24-23-15(5)25(21)16-9-7-12(2)8-10-16/h7-10,22H,6,11H2,1-5H3. The molecule has 0 spiro atoms. The van der Waals surface area contributed by atoms with Crippen molar-refractivity contribution in [1.29, 1.82) is 0 Å². The molecule has 2 heterocycles. The molecule has 0 saturated heterocycles. The van der Waals surface area contributed by atoms with Crippen molar-refractivity contribution in [3.63, 3.8) is 0 Å². The molecule has 0 saturated carbocycles. The highest BCUT2D eigenvalue weighted by atomic mass is 32.2. The summed E-state index contributed by atoms with van der Waals surface area (Å²) in [5.74, 6) is 0.398. The minimum absolute atomic E-state index is 0.109. The van der Waals surface area contributed by atoms with Crippen molar-refractivity contribution in [2.45, 2.75) is 39.8 Å². The van der Waals surface area contributed by atoms with E-state index in [-0.39, 0.29) is 18.1 Å². The highest BCUT2D eigenvalue weighted by Crippen LogP contribution is 2.25. The topological polar surface area (TPSA) is 89.9 Å². The maximum Gasteiger partial charge on any atom is 0.340 e. The van der Waals surface area contributed by atoms with Crippen LogP contribution in [0.15, 0.2) is 29.4 Å². The molecule has 0 aliphatic heterocycles. The van der Waals surface area contributed by atoms with Crippen molar-refractivity contribution in [2.24, 2.45) is 0 Å². The van der Waals surface area contributed by atoms with Crippen LogP contribution in [-0.4, -0.2) is 43.9 Å². The Morgan fingerprint density at radius 1 is 1.10 bits per heavy atom. The largest absolute Gasteiger partial charge is 0.462 e. The summed E-state index contributed by atoms with van der Waals surface area (Å²) in [5.41, 5.74) is 4.22. The Morgan fingerprint density at radius 3 is 2.45 bits per heavy atom. The fraction of sp³-hybridized carbons (Fsp3) is 0.333. The summed E-state index contributed by atoms with van der Waals surface area (Å²) in [4.78, 5) is 28.0. The molecule has 3 rings (SSSR count). The van der Waals surface area contributed by atoms with Gasteiger partial charge in [-0.05, 0) is 52.3 Å². The zero-order valence-corrected chi connectivity index (χ0v) is 18.0. The fourth-order valence-corrected chi connectivity index (χ4v) is 4.04. The van der Waals surface area contributed by atoms with E-state index in [9.17, 15) is 9.59 Å². The number of hydrogen-bond donors (Lipinski definition) is 1. The molecule has 1 N–H and O–H groups in total. The predicted octanol–water partition coefficient (Wildman–Crippen LogP) is 3.98. The molecule has 2 aromatic heterocycles. The Morgan fingerprint density at radius 2 is 1.79 bits per heavy atom. The first-order valence-electron chi connectivity index (χ1n) is 9.34. The number of hydrogen-bond acceptors (Lipinski definition) is 6. The Bertz CT molecular complexity index is 1050. The van der Waals surface area contributed by atoms with Crippen LogP contribution in [0.4, 0.5) is 0 Å². The number of Topliss-reactive ketones (excluding diaryl/α,β-unsaturated/α-hetero) is 1. The number of thioether (sulfide) groups is 1. The molecule has 7 nitrogen and oxygen atoms in total. The minimum Gasteiger partial charge on any atom is -0.462 e. The van der Waals surface area contributed by atoms with Crippen molar-refractivity contribution in [1.82, 2.24) is 19.7 Å². The maximum absolute atomic E-state index is 12.8. The van der Waals surface area contributed by atoms with Gasteiger partial charge in [-0.15, -0.1) is 10.2 Å². The van der Waals surface area contributed by atoms with Gasteiger partial charge < -0.3 is 9.72 Å². The second-order valence-corrected chi connectivity index (χ2v) is 7.70. The van der Waals surface area contributed by atoms with Crippen LogP contribution in [-0.2, 0) is 4.74 Å². The summed E-state index contributed by atoms with van der Waals surface area (Å²) < 4.78 is 7.02. The summed E-state index contributed by atoms with van der Waals surface area (Å²) in [5, 5.41) is 9.02. The number of ether oxygens (including phenoxy) is 1. The second-order valence-electron chi connectivity index (χ2n) is 6.76. The van der Waals surface area contributed by atoms with Crippen LogP contribution < -0.4 is 0 Å². The molecule has 0 atom stereocenters. The Labute approximate surface area is 173 Å². The molecule has 1 aromatic carbocycles. The van der Waals surface area contributed by atoms with E-state index in [1.807, 2.05) is 42.7 Å². The van der Waals surface area contributed by atoms with Gasteiger partial charge in [-0.1, -0.05) is 29.5 Å². The van der Waals surface area contributed by atoms with Crippen molar-refractivity contribution in [3.05, 3.63) is 58.2 Å². The van der Waals surface area contributed by atoms with Gasteiger partial charge in [0, 0.05) is 11.4 Å². The molecule has 0 aliphatic rings. The molecular formula is C21H24N4O3S. The van der Waals surface area contributed by atoms with Crippen LogP contribution in [0.25, 0.3) is 5.69 Å². The normalized spacial score (nSPS) is 10.9. The summed E-state index contributed by atoms with van der Waals surface area (Å²) in [6, 6.07) is 8.05. The lowest BCUT2D eigenvalue weighted by Gasteiger charge is -2.08. The summed E-state index contributed by atoms with van der Waals surface area (Å²) >= 11 is 1.32. The van der Waals surface area contributed by atoms with Gasteiger partial charge in [0.2, 0.25) is 0 Å². The van der Waals surface area contributed by atoms with E-state index in [2.05, 4.69) is 15.2 Å². The van der Waals surface area contributed by atoms with E-state index in [0.717, 1.165) is 11.5 Å². The SMILES string of the molecule is CCOC(=O)c1c(C)[nH]c(C(=O)CSc2nnc(C)n2-c2ccc(C)cc2)c1C. The minimum atomic E-state index is -0.416. The molecule has 3 aromatic rings. The van der Waals surface area contributed by atoms with Crippen molar-refractivity contribution in [3.8, 4) is 5.69 Å². The molecule has 0 aliphatic carbocycles. The third-order valence-corrected chi connectivity index (χ3v) is 5.54. The number of nitrogens with one attached hydrogen (secondary N) is 1. The van der Waals surface area contributed by atoms with Gasteiger partial charge in [0.1, 0.15) is 5.82 Å². The molecule has 8 heteroatoms. The van der Waals surface area contributed by atoms with E-state index in [1.54, 1.807) is 20.8 Å². The first-order chi connectivity index (χ1) is 13.8. The van der Waals surface area contributed by atoms with E-state index in [4.69, 9.17) is 4.74 Å². The number of aryl methyl sites for hydroxylation is 3. The summed E-state index contributed by atoms with van der Waals surface area (Å²) in [6.07, 6.45) is 0. The lowest BCUT2D eigenvalue weighted by atomic mass is 10.1. The van der Waals surface area contributed by atoms with Gasteiger partial charge in [0.05, 0.1) is 23.6 Å². The van der Waals surface area contributed by atoms with Gasteiger partial charge in [0.25, 0.3) is 0 Å². The molecule has 0 fully saturated rings. The monoisotopic (exact) mass is 412 g/mol. The zero-order chi connectivity index (χ0) is 21.1. The fourth-order valence-electron chi connectivity index (χ4n) is 3.17. The Balaban J connectivity index is 1.80. The number of H-pyrrole nitrogens is 1. The average molecular weight is 413 g/mol. The van der Waals surface area contributed by atoms with Crippen LogP contribution in [0.3, 0.4) is 0 Å². The maximum atomic E-state index is 12.8. The number of nitrogens with zero attached hydrogens (tertiary/aromatic N) is 3. The molecule has 29 heavy (non-hydrogen) atoms. The van der Waals surface area contributed by atoms with Crippen LogP contribution >= 0.6 is 11.8 Å². The van der Waals surface area contributed by atoms with Crippen molar-refractivity contribution >= 4 is 23.5 Å². The van der Waals surface area contributed by atoms with Crippen LogP contribution in [0.5, 0.6) is 0 Å². The van der Waals surface area contributed by atoms with Crippen LogP contribution in [0.2, 0.25) is 0 Å². The van der Waals surface area contributed by atoms with E-state index >= 15 is 0 Å². The molecule has 0 amide bonds. The highest BCUT2D eigenvalue weighted by molar-refractivity contribution is 7.99. The van der Waals surface area contributed by atoms with E-state index in [1.165, 1.54) is 17.3 Å². The number of carbonyl (C=O) groups is 2. The lowest BCUT2D eigenvalue weighted by molar-refractivity contribution is 0.0525. The van der Waals surface area contributed by atoms with Gasteiger partial charge in [-0.25, -0.2) is 4.79 Å². The molecule has 0 radical (unpaired) electrons. The number of rotatable bonds is 7. The van der Waals surface area contributed by atoms with Crippen LogP contribution in [0, 0.1) is 27.7 Å². The summed E-state index contributed by atoms with van der Waals surface area (Å²) in [7, 11) is 0. The van der Waals surface area contributed by atoms with Crippen molar-refractivity contribution < 1.29 is 14.3 Å². The molecular weight excluding hydrogens is 388 g/mol. The molecule has 0 unspecified atom stereocenters. The molecule has 152 valence electrons. The number of benzene rings is 1. The van der Waals surface area contributed by atoms with Crippen molar-refractivity contribution in [2.75, 3.05) is 12.4 Å². The zero-order valence-electron chi connectivity index (χ0n) is 17.2. The van der Waals surface area contributed by atoms with E-state index in [0.29, 0.717) is 27.7 Å². The number of ketones is 1. The third-order valence-electron chi connectivity index (χ3n) is 4.62. The Kier molecular flexibility index (Phi) is 6.22. The lowest BCUT2D eigenvalue weighted by Crippen LogP contribution is -2.09. The van der Waals surface area contributed by atoms with Gasteiger partial charge in [-0.3, -0.25) is 9.36 Å². The van der Waals surface area contributed by atoms with Gasteiger partial charge in [-0.2, -0.15) is 0 Å². The quantitative estimate of drug-likeness (QED) is 0.359. The number of esters is 1. The molecule has 0 bridgehead atoms. The number of aromatic amines is 1. The third kappa shape index (κ3) is 4.27. The van der Waals surface area contributed by atoms with E-state index < -0.39 is 5.97 Å². The first-order valence-corrected chi connectivity index (χ1v) is 10.3. The second kappa shape index (κ2) is 8.65. The average Bonchev–Trinajstić information content (AvgIpc) is 3.20. The number of aromatic nitrogens is 4. The highest BCUT2D eigenvalue weighted by Gasteiger charge is 2.23. The van der Waals surface area contributed by atoms with Gasteiger partial charge >= 0.3 is 5.97 Å². The summed E-state index contributed by atoms with van der Waals surface area (Å²) in [6.45, 7) is 9.47.